The molecule has 1 aromatic rings. The first-order valence-corrected chi connectivity index (χ1v) is 6.22. The van der Waals surface area contributed by atoms with E-state index >= 15 is 0 Å². The van der Waals surface area contributed by atoms with Gasteiger partial charge in [0, 0.05) is 3.57 Å². The van der Waals surface area contributed by atoms with Crippen LogP contribution in [0.5, 0.6) is 5.75 Å². The van der Waals surface area contributed by atoms with Crippen molar-refractivity contribution in [2.75, 3.05) is 6.61 Å². The van der Waals surface area contributed by atoms with Crippen molar-refractivity contribution < 1.29 is 4.74 Å². The van der Waals surface area contributed by atoms with E-state index in [-0.39, 0.29) is 0 Å². The summed E-state index contributed by atoms with van der Waals surface area (Å²) in [4.78, 5) is 0. The maximum absolute atomic E-state index is 5.76. The van der Waals surface area contributed by atoms with Crippen molar-refractivity contribution in [3.63, 3.8) is 0 Å². The lowest BCUT2D eigenvalue weighted by atomic mass is 9.75. The molecule has 0 N–H and O–H groups in total. The van der Waals surface area contributed by atoms with E-state index in [2.05, 4.69) is 41.6 Å². The number of ether oxygens (including phenoxy) is 1. The molecule has 0 radical (unpaired) electrons. The molecule has 0 aromatic heterocycles. The Bertz CT molecular complexity index is 311. The minimum atomic E-state index is 0.785. The van der Waals surface area contributed by atoms with Gasteiger partial charge in [0.2, 0.25) is 0 Å². The second-order valence-corrected chi connectivity index (χ2v) is 5.33. The van der Waals surface area contributed by atoms with Crippen LogP contribution in [0.1, 0.15) is 19.8 Å². The quantitative estimate of drug-likeness (QED) is 0.773. The van der Waals surface area contributed by atoms with Gasteiger partial charge in [-0.05, 0) is 65.5 Å². The van der Waals surface area contributed by atoms with Crippen molar-refractivity contribution in [3.8, 4) is 5.75 Å². The Morgan fingerprint density at radius 2 is 2.29 bits per heavy atom. The van der Waals surface area contributed by atoms with Crippen LogP contribution < -0.4 is 4.74 Å². The molecule has 0 bridgehead atoms. The molecule has 0 heterocycles. The largest absolute Gasteiger partial charge is 0.493 e. The van der Waals surface area contributed by atoms with Crippen LogP contribution >= 0.6 is 22.6 Å². The molecular formula is C12H15IO. The van der Waals surface area contributed by atoms with E-state index in [4.69, 9.17) is 4.74 Å². The van der Waals surface area contributed by atoms with E-state index in [1.165, 1.54) is 16.4 Å². The van der Waals surface area contributed by atoms with Crippen molar-refractivity contribution in [1.29, 1.82) is 0 Å². The fraction of sp³-hybridized carbons (Fsp3) is 0.500. The first kappa shape index (κ1) is 10.3. The lowest BCUT2D eigenvalue weighted by molar-refractivity contribution is 0.116. The standard InChI is InChI=1S/C12H15IO/c1-9-5-6-10(9)8-14-12-4-2-3-11(13)7-12/h2-4,7,9-10H,5-6,8H2,1H3. The van der Waals surface area contributed by atoms with E-state index in [1.54, 1.807) is 0 Å². The Hall–Kier alpha value is -0.250. The molecule has 1 aliphatic rings. The second-order valence-electron chi connectivity index (χ2n) is 4.08. The van der Waals surface area contributed by atoms with Gasteiger partial charge in [0.1, 0.15) is 5.75 Å². The number of benzene rings is 1. The fourth-order valence-corrected chi connectivity index (χ4v) is 2.26. The zero-order valence-corrected chi connectivity index (χ0v) is 10.5. The zero-order chi connectivity index (χ0) is 9.97. The first-order chi connectivity index (χ1) is 6.75. The topological polar surface area (TPSA) is 9.23 Å². The second kappa shape index (κ2) is 4.51. The van der Waals surface area contributed by atoms with Gasteiger partial charge in [-0.15, -0.1) is 0 Å². The molecule has 2 unspecified atom stereocenters. The Labute approximate surface area is 99.0 Å². The van der Waals surface area contributed by atoms with E-state index in [0.29, 0.717) is 0 Å². The highest BCUT2D eigenvalue weighted by molar-refractivity contribution is 14.1. The minimum Gasteiger partial charge on any atom is -0.493 e. The van der Waals surface area contributed by atoms with Crippen LogP contribution in [-0.4, -0.2) is 6.61 Å². The third-order valence-electron chi connectivity index (χ3n) is 3.06. The smallest absolute Gasteiger partial charge is 0.120 e. The molecular weight excluding hydrogens is 287 g/mol. The highest BCUT2D eigenvalue weighted by atomic mass is 127. The predicted molar refractivity (Wildman–Crippen MR) is 66.5 cm³/mol. The molecule has 0 saturated heterocycles. The molecule has 1 nitrogen and oxygen atoms in total. The SMILES string of the molecule is CC1CCC1COc1cccc(I)c1. The van der Waals surface area contributed by atoms with Crippen LogP contribution in [-0.2, 0) is 0 Å². The molecule has 1 saturated carbocycles. The van der Waals surface area contributed by atoms with Gasteiger partial charge in [0.05, 0.1) is 6.61 Å². The zero-order valence-electron chi connectivity index (χ0n) is 8.37. The van der Waals surface area contributed by atoms with Gasteiger partial charge in [0.25, 0.3) is 0 Å². The molecule has 0 amide bonds. The van der Waals surface area contributed by atoms with Crippen molar-refractivity contribution in [2.24, 2.45) is 11.8 Å². The normalized spacial score (nSPS) is 25.6. The summed E-state index contributed by atoms with van der Waals surface area (Å²) in [6.07, 6.45) is 2.71. The van der Waals surface area contributed by atoms with Gasteiger partial charge >= 0.3 is 0 Å². The third kappa shape index (κ3) is 2.41. The van der Waals surface area contributed by atoms with Crippen LogP contribution in [0.4, 0.5) is 0 Å². The van der Waals surface area contributed by atoms with Gasteiger partial charge < -0.3 is 4.74 Å². The van der Waals surface area contributed by atoms with Crippen molar-refractivity contribution in [2.45, 2.75) is 19.8 Å². The van der Waals surface area contributed by atoms with Gasteiger partial charge in [-0.3, -0.25) is 0 Å². The van der Waals surface area contributed by atoms with Gasteiger partial charge in [-0.25, -0.2) is 0 Å². The third-order valence-corrected chi connectivity index (χ3v) is 3.73. The van der Waals surface area contributed by atoms with Crippen molar-refractivity contribution in [3.05, 3.63) is 27.8 Å². The van der Waals surface area contributed by atoms with Gasteiger partial charge in [-0.2, -0.15) is 0 Å². The number of rotatable bonds is 3. The Morgan fingerprint density at radius 3 is 2.86 bits per heavy atom. The molecule has 1 aliphatic carbocycles. The van der Waals surface area contributed by atoms with Crippen molar-refractivity contribution in [1.82, 2.24) is 0 Å². The van der Waals surface area contributed by atoms with Gasteiger partial charge in [0.15, 0.2) is 0 Å². The molecule has 0 aliphatic heterocycles. The van der Waals surface area contributed by atoms with Crippen LogP contribution in [0, 0.1) is 15.4 Å². The summed E-state index contributed by atoms with van der Waals surface area (Å²) in [7, 11) is 0. The number of hydrogen-bond acceptors (Lipinski definition) is 1. The summed E-state index contributed by atoms with van der Waals surface area (Å²) in [5.41, 5.74) is 0. The van der Waals surface area contributed by atoms with Gasteiger partial charge in [-0.1, -0.05) is 13.0 Å². The summed E-state index contributed by atoms with van der Waals surface area (Å²) >= 11 is 2.31. The summed E-state index contributed by atoms with van der Waals surface area (Å²) < 4.78 is 6.99. The Kier molecular flexibility index (Phi) is 3.31. The summed E-state index contributed by atoms with van der Waals surface area (Å²) in [6, 6.07) is 8.25. The fourth-order valence-electron chi connectivity index (χ4n) is 1.74. The molecule has 0 spiro atoms. The Morgan fingerprint density at radius 1 is 1.43 bits per heavy atom. The lowest BCUT2D eigenvalue weighted by Gasteiger charge is -2.33. The monoisotopic (exact) mass is 302 g/mol. The molecule has 14 heavy (non-hydrogen) atoms. The molecule has 76 valence electrons. The molecule has 1 fully saturated rings. The predicted octanol–water partition coefficient (Wildman–Crippen LogP) is 3.72. The molecule has 2 atom stereocenters. The Balaban J connectivity index is 1.85. The maximum atomic E-state index is 5.76. The summed E-state index contributed by atoms with van der Waals surface area (Å²) in [6.45, 7) is 3.20. The van der Waals surface area contributed by atoms with Crippen LogP contribution in [0.3, 0.4) is 0 Å². The average molecular weight is 302 g/mol. The summed E-state index contributed by atoms with van der Waals surface area (Å²) in [5, 5.41) is 0. The van der Waals surface area contributed by atoms with Crippen LogP contribution in [0.15, 0.2) is 24.3 Å². The molecule has 1 aromatic carbocycles. The van der Waals surface area contributed by atoms with E-state index in [0.717, 1.165) is 24.2 Å². The van der Waals surface area contributed by atoms with E-state index in [9.17, 15) is 0 Å². The van der Waals surface area contributed by atoms with E-state index < -0.39 is 0 Å². The number of hydrogen-bond donors (Lipinski definition) is 0. The highest BCUT2D eigenvalue weighted by Crippen LogP contribution is 2.33. The number of halogens is 1. The first-order valence-electron chi connectivity index (χ1n) is 5.14. The minimum absolute atomic E-state index is 0.785. The lowest BCUT2D eigenvalue weighted by Crippen LogP contribution is -2.28. The van der Waals surface area contributed by atoms with Crippen LogP contribution in [0.2, 0.25) is 0 Å². The molecule has 2 heteroatoms. The average Bonchev–Trinajstić information content (AvgIpc) is 2.16. The van der Waals surface area contributed by atoms with Crippen LogP contribution in [0.25, 0.3) is 0 Å². The maximum Gasteiger partial charge on any atom is 0.120 e. The molecule has 2 rings (SSSR count). The van der Waals surface area contributed by atoms with E-state index in [1.807, 2.05) is 12.1 Å². The van der Waals surface area contributed by atoms with Crippen molar-refractivity contribution >= 4 is 22.6 Å². The highest BCUT2D eigenvalue weighted by Gasteiger charge is 2.26. The summed E-state index contributed by atoms with van der Waals surface area (Å²) in [5.74, 6) is 2.65.